The Morgan fingerprint density at radius 2 is 2.20 bits per heavy atom. The fourth-order valence-electron chi connectivity index (χ4n) is 3.27. The van der Waals surface area contributed by atoms with Gasteiger partial charge in [-0.15, -0.1) is 5.10 Å². The van der Waals surface area contributed by atoms with Crippen LogP contribution >= 0.6 is 0 Å². The van der Waals surface area contributed by atoms with Crippen LogP contribution in [0.1, 0.15) is 48.5 Å². The van der Waals surface area contributed by atoms with Crippen LogP contribution in [0, 0.1) is 5.82 Å². The van der Waals surface area contributed by atoms with Crippen molar-refractivity contribution in [1.82, 2.24) is 15.0 Å². The molecule has 0 radical (unpaired) electrons. The third-order valence-corrected chi connectivity index (χ3v) is 4.67. The first-order valence-corrected chi connectivity index (χ1v) is 7.09. The molecule has 1 saturated carbocycles. The molecule has 4 rings (SSSR count). The van der Waals surface area contributed by atoms with E-state index in [2.05, 4.69) is 10.3 Å². The smallest absolute Gasteiger partial charge is 0.126 e. The molecule has 0 unspecified atom stereocenters. The predicted octanol–water partition coefficient (Wildman–Crippen LogP) is 2.32. The molecule has 0 saturated heterocycles. The van der Waals surface area contributed by atoms with Gasteiger partial charge in [0.15, 0.2) is 0 Å². The van der Waals surface area contributed by atoms with Gasteiger partial charge in [-0.3, -0.25) is 0 Å². The lowest BCUT2D eigenvalue weighted by molar-refractivity contribution is -0.0427. The molecule has 0 spiro atoms. The summed E-state index contributed by atoms with van der Waals surface area (Å²) in [5.74, 6) is -0.136. The van der Waals surface area contributed by atoms with E-state index in [-0.39, 0.29) is 11.9 Å². The molecule has 1 fully saturated rings. The Kier molecular flexibility index (Phi) is 2.48. The molecule has 2 aliphatic carbocycles. The van der Waals surface area contributed by atoms with Crippen LogP contribution in [-0.2, 0) is 12.0 Å². The van der Waals surface area contributed by atoms with Crippen LogP contribution in [0.15, 0.2) is 24.4 Å². The van der Waals surface area contributed by atoms with Gasteiger partial charge in [0.2, 0.25) is 0 Å². The van der Waals surface area contributed by atoms with E-state index in [1.165, 1.54) is 6.07 Å². The normalized spacial score (nSPS) is 23.4. The lowest BCUT2D eigenvalue weighted by atomic mass is 9.78. The molecular weight excluding hydrogens is 257 g/mol. The zero-order valence-electron chi connectivity index (χ0n) is 11.1. The molecule has 0 amide bonds. The monoisotopic (exact) mass is 273 g/mol. The quantitative estimate of drug-likeness (QED) is 0.913. The van der Waals surface area contributed by atoms with Gasteiger partial charge in [0, 0.05) is 0 Å². The molecule has 1 aromatic heterocycles. The number of fused-ring (bicyclic) bond motifs is 1. The molecule has 2 aliphatic rings. The molecule has 1 aromatic carbocycles. The molecule has 20 heavy (non-hydrogen) atoms. The largest absolute Gasteiger partial charge is 0.383 e. The van der Waals surface area contributed by atoms with Gasteiger partial charge in [-0.1, -0.05) is 17.3 Å². The number of benzene rings is 1. The van der Waals surface area contributed by atoms with Gasteiger partial charge < -0.3 is 5.11 Å². The van der Waals surface area contributed by atoms with Gasteiger partial charge in [-0.25, -0.2) is 9.07 Å². The van der Waals surface area contributed by atoms with Crippen molar-refractivity contribution in [2.75, 3.05) is 0 Å². The van der Waals surface area contributed by atoms with Gasteiger partial charge in [0.05, 0.1) is 12.2 Å². The van der Waals surface area contributed by atoms with Crippen LogP contribution in [0.25, 0.3) is 0 Å². The van der Waals surface area contributed by atoms with E-state index >= 15 is 0 Å². The third-order valence-electron chi connectivity index (χ3n) is 4.67. The summed E-state index contributed by atoms with van der Waals surface area (Å²) in [6.45, 7) is 0. The summed E-state index contributed by atoms with van der Waals surface area (Å²) >= 11 is 0. The second kappa shape index (κ2) is 4.12. The van der Waals surface area contributed by atoms with Crippen molar-refractivity contribution in [2.45, 2.75) is 43.7 Å². The van der Waals surface area contributed by atoms with Crippen molar-refractivity contribution in [3.05, 3.63) is 47.0 Å². The van der Waals surface area contributed by atoms with Crippen molar-refractivity contribution < 1.29 is 9.50 Å². The topological polar surface area (TPSA) is 50.9 Å². The number of hydrogen-bond acceptors (Lipinski definition) is 3. The maximum Gasteiger partial charge on any atom is 0.126 e. The van der Waals surface area contributed by atoms with Crippen LogP contribution in [0.4, 0.5) is 4.39 Å². The maximum absolute atomic E-state index is 13.8. The van der Waals surface area contributed by atoms with Crippen molar-refractivity contribution in [2.24, 2.45) is 0 Å². The number of aromatic nitrogens is 3. The fourth-order valence-corrected chi connectivity index (χ4v) is 3.27. The first-order chi connectivity index (χ1) is 9.67. The third kappa shape index (κ3) is 1.62. The Hall–Kier alpha value is -1.75. The lowest BCUT2D eigenvalue weighted by Crippen LogP contribution is -2.34. The second-order valence-electron chi connectivity index (χ2n) is 5.83. The molecular formula is C15H16FN3O. The minimum atomic E-state index is -0.790. The van der Waals surface area contributed by atoms with Crippen LogP contribution in [0.2, 0.25) is 0 Å². The highest BCUT2D eigenvalue weighted by Gasteiger charge is 2.39. The molecule has 4 nitrogen and oxygen atoms in total. The Morgan fingerprint density at radius 3 is 2.95 bits per heavy atom. The van der Waals surface area contributed by atoms with Crippen molar-refractivity contribution in [1.29, 1.82) is 0 Å². The minimum absolute atomic E-state index is 0.0330. The Balaban J connectivity index is 1.69. The number of halogens is 1. The predicted molar refractivity (Wildman–Crippen MR) is 70.6 cm³/mol. The van der Waals surface area contributed by atoms with Crippen LogP contribution in [-0.4, -0.2) is 20.1 Å². The molecule has 1 N–H and O–H groups in total. The number of rotatable bonds is 2. The van der Waals surface area contributed by atoms with Gasteiger partial charge in [-0.2, -0.15) is 0 Å². The second-order valence-corrected chi connectivity index (χ2v) is 5.83. The molecule has 0 aliphatic heterocycles. The average Bonchev–Trinajstić information content (AvgIpc) is 3.02. The Morgan fingerprint density at radius 1 is 1.35 bits per heavy atom. The van der Waals surface area contributed by atoms with Gasteiger partial charge in [0.1, 0.15) is 17.1 Å². The van der Waals surface area contributed by atoms with E-state index in [1.54, 1.807) is 10.7 Å². The highest BCUT2D eigenvalue weighted by atomic mass is 19.1. The summed E-state index contributed by atoms with van der Waals surface area (Å²) in [4.78, 5) is 0. The van der Waals surface area contributed by atoms with E-state index in [9.17, 15) is 9.50 Å². The number of aliphatic hydroxyl groups is 1. The van der Waals surface area contributed by atoms with E-state index in [0.717, 1.165) is 43.2 Å². The Bertz CT molecular complexity index is 663. The molecule has 104 valence electrons. The summed E-state index contributed by atoms with van der Waals surface area (Å²) in [5, 5.41) is 18.6. The number of hydrogen-bond donors (Lipinski definition) is 1. The number of nitrogens with zero attached hydrogens (tertiary/aromatic N) is 3. The maximum atomic E-state index is 13.8. The molecule has 0 bridgehead atoms. The summed E-state index contributed by atoms with van der Waals surface area (Å²) in [7, 11) is 0. The van der Waals surface area contributed by atoms with Crippen molar-refractivity contribution in [3.8, 4) is 0 Å². The molecule has 5 heteroatoms. The van der Waals surface area contributed by atoms with Gasteiger partial charge >= 0.3 is 0 Å². The van der Waals surface area contributed by atoms with Crippen molar-refractivity contribution >= 4 is 0 Å². The van der Waals surface area contributed by atoms with Crippen LogP contribution < -0.4 is 0 Å². The summed E-state index contributed by atoms with van der Waals surface area (Å²) in [6, 6.07) is 5.23. The molecule has 1 heterocycles. The molecule has 1 atom stereocenters. The summed E-state index contributed by atoms with van der Waals surface area (Å²) < 4.78 is 15.5. The fraction of sp³-hybridized carbons (Fsp3) is 0.467. The summed E-state index contributed by atoms with van der Waals surface area (Å²) in [6.07, 6.45) is 5.91. The lowest BCUT2D eigenvalue weighted by Gasteiger charge is -2.34. The highest BCUT2D eigenvalue weighted by Crippen LogP contribution is 2.41. The van der Waals surface area contributed by atoms with Crippen LogP contribution in [0.5, 0.6) is 0 Å². The van der Waals surface area contributed by atoms with E-state index in [4.69, 9.17) is 0 Å². The first-order valence-electron chi connectivity index (χ1n) is 7.09. The van der Waals surface area contributed by atoms with Crippen LogP contribution in [0.3, 0.4) is 0 Å². The zero-order chi connectivity index (χ0) is 13.7. The standard InChI is InChI=1S/C15H16FN3O/c16-12-4-1-3-11-10(12)5-6-13(11)19-9-14(17-18-19)15(20)7-2-8-15/h1,3-4,9,13,20H,2,5-8H2/t13-/m1/s1. The SMILES string of the molecule is OC1(c2cn([C@@H]3CCc4c(F)cccc43)nn2)CCC1. The van der Waals surface area contributed by atoms with E-state index < -0.39 is 5.60 Å². The van der Waals surface area contributed by atoms with E-state index in [0.29, 0.717) is 5.69 Å². The first kappa shape index (κ1) is 12.0. The van der Waals surface area contributed by atoms with Crippen molar-refractivity contribution in [3.63, 3.8) is 0 Å². The Labute approximate surface area is 116 Å². The van der Waals surface area contributed by atoms with Gasteiger partial charge in [-0.05, 0) is 49.3 Å². The molecule has 2 aromatic rings. The van der Waals surface area contributed by atoms with E-state index in [1.807, 2.05) is 12.3 Å². The highest BCUT2D eigenvalue weighted by molar-refractivity contribution is 5.36. The summed E-state index contributed by atoms with van der Waals surface area (Å²) in [5.41, 5.74) is 1.63. The van der Waals surface area contributed by atoms with Gasteiger partial charge in [0.25, 0.3) is 0 Å². The zero-order valence-corrected chi connectivity index (χ0v) is 11.1. The minimum Gasteiger partial charge on any atom is -0.383 e. The average molecular weight is 273 g/mol.